The molecular formula is H6K2MnO5S. The van der Waals surface area contributed by atoms with E-state index in [4.69, 9.17) is 17.5 Å². The second-order valence-corrected chi connectivity index (χ2v) is 1.34. The van der Waals surface area contributed by atoms with E-state index in [9.17, 15) is 0 Å². The maximum atomic E-state index is 8.74. The smallest absolute Gasteiger partial charge is 0 e. The predicted molar refractivity (Wildman–Crippen MR) is 32.1 cm³/mol. The zero-order valence-corrected chi connectivity index (χ0v) is 4.99. The maximum absolute atomic E-state index is 8.74. The summed E-state index contributed by atoms with van der Waals surface area (Å²) >= 11 is 0. The van der Waals surface area contributed by atoms with E-state index >= 15 is 0 Å². The summed E-state index contributed by atoms with van der Waals surface area (Å²) in [7, 11) is -4.67. The molecule has 0 heterocycles. The van der Waals surface area contributed by atoms with Gasteiger partial charge in [0.1, 0.15) is 0 Å². The van der Waals surface area contributed by atoms with Crippen molar-refractivity contribution in [2.45, 2.75) is 0 Å². The minimum Gasteiger partial charge on any atom is 0 e. The van der Waals surface area contributed by atoms with Crippen LogP contribution in [0.15, 0.2) is 0 Å². The van der Waals surface area contributed by atoms with Crippen LogP contribution < -0.4 is 0 Å². The minimum atomic E-state index is -4.67. The number of hydrogen-bond acceptors (Lipinski definition) is 2. The van der Waals surface area contributed by atoms with Crippen molar-refractivity contribution in [1.29, 1.82) is 0 Å². The quantitative estimate of drug-likeness (QED) is 0.359. The normalized spacial score (nSPS) is 6.44. The van der Waals surface area contributed by atoms with Gasteiger partial charge in [0.15, 0.2) is 0 Å². The molecule has 0 aromatic rings. The van der Waals surface area contributed by atoms with Crippen LogP contribution >= 0.6 is 0 Å². The third kappa shape index (κ3) is 82.0. The molecule has 51 valence electrons. The van der Waals surface area contributed by atoms with Gasteiger partial charge in [-0.05, 0) is 0 Å². The van der Waals surface area contributed by atoms with E-state index in [0.29, 0.717) is 0 Å². The van der Waals surface area contributed by atoms with Crippen molar-refractivity contribution in [1.82, 2.24) is 0 Å². The molecule has 0 unspecified atom stereocenters. The van der Waals surface area contributed by atoms with Crippen LogP contribution in [0.4, 0.5) is 0 Å². The number of rotatable bonds is 0. The second kappa shape index (κ2) is 14.2. The Morgan fingerprint density at radius 2 is 1.00 bits per heavy atom. The molecule has 9 heavy (non-hydrogen) atoms. The summed E-state index contributed by atoms with van der Waals surface area (Å²) in [6.45, 7) is 0. The molecular weight excluding hydrogens is 245 g/mol. The van der Waals surface area contributed by atoms with Crippen LogP contribution in [0, 0.1) is 0 Å². The molecule has 0 aliphatic heterocycles. The zero-order valence-electron chi connectivity index (χ0n) is 3.00. The molecule has 0 atom stereocenters. The van der Waals surface area contributed by atoms with E-state index in [0.717, 1.165) is 0 Å². The molecule has 0 aliphatic rings. The van der Waals surface area contributed by atoms with Gasteiger partial charge in [-0.25, -0.2) is 0 Å². The van der Waals surface area contributed by atoms with Gasteiger partial charge in [-0.1, -0.05) is 0 Å². The summed E-state index contributed by atoms with van der Waals surface area (Å²) < 4.78 is 31.6. The van der Waals surface area contributed by atoms with Crippen LogP contribution in [0.5, 0.6) is 0 Å². The Balaban J connectivity index is -0.0000000133. The first kappa shape index (κ1) is 29.3. The average molecular weight is 251 g/mol. The first-order valence-corrected chi connectivity index (χ1v) is 2.10. The third-order valence-corrected chi connectivity index (χ3v) is 0. The van der Waals surface area contributed by atoms with Crippen molar-refractivity contribution < 1.29 is 40.1 Å². The van der Waals surface area contributed by atoms with Crippen LogP contribution in [0.1, 0.15) is 0 Å². The van der Waals surface area contributed by atoms with Gasteiger partial charge < -0.3 is 5.48 Å². The fraction of sp³-hybridized carbons (Fsp3) is 0. The Morgan fingerprint density at radius 3 is 1.00 bits per heavy atom. The summed E-state index contributed by atoms with van der Waals surface area (Å²) in [6, 6.07) is 0. The second-order valence-electron chi connectivity index (χ2n) is 0.448. The molecule has 0 fully saturated rings. The molecule has 4 N–H and O–H groups in total. The largest absolute Gasteiger partial charge is 0 e. The van der Waals surface area contributed by atoms with E-state index in [1.54, 1.807) is 0 Å². The summed E-state index contributed by atoms with van der Waals surface area (Å²) in [6.07, 6.45) is 0. The monoisotopic (exact) mass is 251 g/mol. The van der Waals surface area contributed by atoms with Crippen LogP contribution in [-0.2, 0) is 27.5 Å². The molecule has 0 rings (SSSR count). The average Bonchev–Trinajstić information content (AvgIpc) is 0.722. The molecule has 0 aromatic carbocycles. The topological polar surface area (TPSA) is 106 Å². The Morgan fingerprint density at radius 1 is 1.00 bits per heavy atom. The predicted octanol–water partition coefficient (Wildman–Crippen LogP) is -2.78. The van der Waals surface area contributed by atoms with Crippen LogP contribution in [-0.4, -0.2) is 126 Å². The molecule has 0 saturated carbocycles. The Kier molecular flexibility index (Phi) is 46.2. The van der Waals surface area contributed by atoms with Crippen LogP contribution in [0.3, 0.4) is 0 Å². The van der Waals surface area contributed by atoms with Crippen molar-refractivity contribution in [3.8, 4) is 0 Å². The molecule has 1 radical (unpaired) electrons. The molecule has 0 amide bonds. The summed E-state index contributed by atoms with van der Waals surface area (Å²) in [5.41, 5.74) is 0. The minimum absolute atomic E-state index is 0. The molecule has 9 heteroatoms. The van der Waals surface area contributed by atoms with Crippen molar-refractivity contribution in [3.05, 3.63) is 0 Å². The summed E-state index contributed by atoms with van der Waals surface area (Å²) in [5.74, 6) is 0. The van der Waals surface area contributed by atoms with Gasteiger partial charge in [0.2, 0.25) is 0 Å². The zero-order chi connectivity index (χ0) is 4.50. The van der Waals surface area contributed by atoms with Gasteiger partial charge >= 0.3 is 113 Å². The summed E-state index contributed by atoms with van der Waals surface area (Å²) in [5, 5.41) is 0. The first-order chi connectivity index (χ1) is 2.00. The number of hydrogen-bond donors (Lipinski definition) is 2. The Labute approximate surface area is 149 Å². The van der Waals surface area contributed by atoms with Gasteiger partial charge in [-0.15, -0.1) is 0 Å². The van der Waals surface area contributed by atoms with Gasteiger partial charge in [-0.2, -0.15) is 8.42 Å². The van der Waals surface area contributed by atoms with E-state index < -0.39 is 10.4 Å². The van der Waals surface area contributed by atoms with E-state index in [2.05, 4.69) is 0 Å². The molecule has 0 bridgehead atoms. The molecule has 0 spiro atoms. The molecule has 5 nitrogen and oxygen atoms in total. The van der Waals surface area contributed by atoms with Gasteiger partial charge in [0.05, 0.1) is 0 Å². The fourth-order valence-electron chi connectivity index (χ4n) is 0. The van der Waals surface area contributed by atoms with E-state index in [1.165, 1.54) is 0 Å². The third-order valence-electron chi connectivity index (χ3n) is 0. The SMILES string of the molecule is O.O=S(=O)(O)O.[KH].[KH].[Mn]. The maximum Gasteiger partial charge on any atom is 0 e. The van der Waals surface area contributed by atoms with Crippen LogP contribution in [0.25, 0.3) is 0 Å². The van der Waals surface area contributed by atoms with Gasteiger partial charge in [0, 0.05) is 17.1 Å². The first-order valence-electron chi connectivity index (χ1n) is 0.698. The van der Waals surface area contributed by atoms with Gasteiger partial charge in [0.25, 0.3) is 0 Å². The van der Waals surface area contributed by atoms with E-state index in [-0.39, 0.29) is 125 Å². The van der Waals surface area contributed by atoms with Crippen molar-refractivity contribution in [3.63, 3.8) is 0 Å². The van der Waals surface area contributed by atoms with E-state index in [1.807, 2.05) is 0 Å². The standard InChI is InChI=1S/2K.Mn.H2O4S.H2O.2H/c;;;1-5(2,3)4;;;/h;;;(H2,1,2,3,4);1H2;;. The fourth-order valence-corrected chi connectivity index (χ4v) is 0. The molecule has 0 aliphatic carbocycles. The van der Waals surface area contributed by atoms with Crippen molar-refractivity contribution >= 4 is 113 Å². The summed E-state index contributed by atoms with van der Waals surface area (Å²) in [4.78, 5) is 0. The Bertz CT molecular complexity index is 98.1. The van der Waals surface area contributed by atoms with Gasteiger partial charge in [-0.3, -0.25) is 9.11 Å². The molecule has 0 saturated heterocycles. The Hall–Kier alpha value is 3.62. The van der Waals surface area contributed by atoms with Crippen molar-refractivity contribution in [2.75, 3.05) is 0 Å². The van der Waals surface area contributed by atoms with Crippen molar-refractivity contribution in [2.24, 2.45) is 0 Å². The molecule has 0 aromatic heterocycles. The van der Waals surface area contributed by atoms with Crippen LogP contribution in [0.2, 0.25) is 0 Å².